The van der Waals surface area contributed by atoms with E-state index in [0.717, 1.165) is 49.2 Å². The highest BCUT2D eigenvalue weighted by Gasteiger charge is 2.41. The van der Waals surface area contributed by atoms with Crippen molar-refractivity contribution >= 4 is 10.9 Å². The van der Waals surface area contributed by atoms with Gasteiger partial charge in [0.25, 0.3) is 0 Å². The lowest BCUT2D eigenvalue weighted by Crippen LogP contribution is -2.46. The van der Waals surface area contributed by atoms with Crippen molar-refractivity contribution in [1.82, 2.24) is 9.88 Å². The predicted molar refractivity (Wildman–Crippen MR) is 107 cm³/mol. The number of hydrogen-bond donors (Lipinski definition) is 2. The maximum Gasteiger partial charge on any atom is 0.128 e. The Labute approximate surface area is 161 Å². The summed E-state index contributed by atoms with van der Waals surface area (Å²) >= 11 is 0. The topological polar surface area (TPSA) is 57.7 Å². The summed E-state index contributed by atoms with van der Waals surface area (Å²) in [7, 11) is 3.41. The lowest BCUT2D eigenvalue weighted by Gasteiger charge is -2.46. The van der Waals surface area contributed by atoms with Crippen molar-refractivity contribution in [2.45, 2.75) is 32.2 Å². The van der Waals surface area contributed by atoms with E-state index in [4.69, 9.17) is 9.47 Å². The van der Waals surface area contributed by atoms with Crippen molar-refractivity contribution in [3.05, 3.63) is 41.3 Å². The van der Waals surface area contributed by atoms with Gasteiger partial charge in [-0.2, -0.15) is 0 Å². The maximum atomic E-state index is 9.91. The molecule has 0 amide bonds. The number of aromatic amines is 1. The van der Waals surface area contributed by atoms with Gasteiger partial charge < -0.3 is 19.6 Å². The highest BCUT2D eigenvalue weighted by molar-refractivity contribution is 5.91. The number of ether oxygens (including phenoxy) is 2. The van der Waals surface area contributed by atoms with Gasteiger partial charge in [-0.15, -0.1) is 0 Å². The molecule has 27 heavy (non-hydrogen) atoms. The summed E-state index contributed by atoms with van der Waals surface area (Å²) in [4.78, 5) is 6.32. The molecule has 1 fully saturated rings. The third-order valence-electron chi connectivity index (χ3n) is 6.53. The van der Waals surface area contributed by atoms with Crippen LogP contribution in [0.5, 0.6) is 5.75 Å². The summed E-state index contributed by atoms with van der Waals surface area (Å²) < 4.78 is 10.9. The molecule has 0 unspecified atom stereocenters. The van der Waals surface area contributed by atoms with E-state index in [2.05, 4.69) is 22.9 Å². The van der Waals surface area contributed by atoms with E-state index in [1.807, 2.05) is 12.1 Å². The van der Waals surface area contributed by atoms with Crippen LogP contribution in [0.3, 0.4) is 0 Å². The van der Waals surface area contributed by atoms with Crippen LogP contribution in [0.4, 0.5) is 0 Å². The van der Waals surface area contributed by atoms with E-state index in [-0.39, 0.29) is 6.61 Å². The number of nitrogens with one attached hydrogen (secondary N) is 1. The van der Waals surface area contributed by atoms with Gasteiger partial charge in [0.2, 0.25) is 0 Å². The summed E-state index contributed by atoms with van der Waals surface area (Å²) in [6.07, 6.45) is 4.92. The number of nitrogens with zero attached hydrogens (tertiary/aromatic N) is 1. The maximum absolute atomic E-state index is 9.91. The van der Waals surface area contributed by atoms with Gasteiger partial charge in [-0.05, 0) is 47.9 Å². The molecule has 2 aliphatic rings. The highest BCUT2D eigenvalue weighted by Crippen LogP contribution is 2.46. The fourth-order valence-electron chi connectivity index (χ4n) is 5.22. The third-order valence-corrected chi connectivity index (χ3v) is 6.53. The van der Waals surface area contributed by atoms with Crippen LogP contribution < -0.4 is 4.74 Å². The lowest BCUT2D eigenvalue weighted by atomic mass is 9.74. The second kappa shape index (κ2) is 7.56. The first kappa shape index (κ1) is 18.4. The Hall–Kier alpha value is -1.98. The number of benzene rings is 1. The summed E-state index contributed by atoms with van der Waals surface area (Å²) in [6, 6.07) is 6.58. The Morgan fingerprint density at radius 1 is 1.37 bits per heavy atom. The van der Waals surface area contributed by atoms with Crippen LogP contribution in [-0.4, -0.2) is 48.9 Å². The first-order chi connectivity index (χ1) is 13.2. The van der Waals surface area contributed by atoms with Gasteiger partial charge in [0.05, 0.1) is 33.1 Å². The first-order valence-electron chi connectivity index (χ1n) is 9.95. The lowest BCUT2D eigenvalue weighted by molar-refractivity contribution is 0.0582. The fourth-order valence-corrected chi connectivity index (χ4v) is 5.22. The SMILES string of the molecule is CC[C@@H]1CN2CCc3c([nH]c4cccc(OC)c34)[C@@H]2C[C@@H]1C(=COC)CO. The number of piperidine rings is 1. The van der Waals surface area contributed by atoms with E-state index in [9.17, 15) is 5.11 Å². The van der Waals surface area contributed by atoms with Crippen LogP contribution in [0.15, 0.2) is 30.0 Å². The number of rotatable bonds is 5. The standard InChI is InChI=1S/C22H30N2O3/c1-4-14-11-24-9-8-16-21-18(6-5-7-20(21)27-3)23-22(16)19(24)10-17(14)15(12-25)13-26-2/h5-7,13-14,17,19,23,25H,4,8-12H2,1-3H3/t14-,17+,19+/m1/s1. The van der Waals surface area contributed by atoms with Gasteiger partial charge in [-0.25, -0.2) is 0 Å². The molecule has 4 rings (SSSR count). The van der Waals surface area contributed by atoms with Crippen molar-refractivity contribution in [2.24, 2.45) is 11.8 Å². The Morgan fingerprint density at radius 2 is 2.22 bits per heavy atom. The summed E-state index contributed by atoms with van der Waals surface area (Å²) in [5, 5.41) is 11.1. The molecular weight excluding hydrogens is 340 g/mol. The fraction of sp³-hybridized carbons (Fsp3) is 0.545. The van der Waals surface area contributed by atoms with Crippen molar-refractivity contribution in [2.75, 3.05) is 33.9 Å². The quantitative estimate of drug-likeness (QED) is 0.789. The van der Waals surface area contributed by atoms with Crippen LogP contribution in [0.2, 0.25) is 0 Å². The van der Waals surface area contributed by atoms with Crippen LogP contribution in [-0.2, 0) is 11.2 Å². The van der Waals surface area contributed by atoms with Gasteiger partial charge in [0.1, 0.15) is 5.75 Å². The molecule has 5 nitrogen and oxygen atoms in total. The van der Waals surface area contributed by atoms with Crippen molar-refractivity contribution < 1.29 is 14.6 Å². The van der Waals surface area contributed by atoms with Crippen LogP contribution in [0, 0.1) is 11.8 Å². The molecule has 1 aromatic heterocycles. The second-order valence-corrected chi connectivity index (χ2v) is 7.76. The zero-order chi connectivity index (χ0) is 19.0. The largest absolute Gasteiger partial charge is 0.504 e. The molecule has 0 saturated carbocycles. The molecule has 0 radical (unpaired) electrons. The van der Waals surface area contributed by atoms with Gasteiger partial charge in [0.15, 0.2) is 0 Å². The average Bonchev–Trinajstić information content (AvgIpc) is 3.10. The van der Waals surface area contributed by atoms with Crippen molar-refractivity contribution in [1.29, 1.82) is 0 Å². The number of H-pyrrole nitrogens is 1. The second-order valence-electron chi connectivity index (χ2n) is 7.76. The molecule has 0 bridgehead atoms. The number of aromatic nitrogens is 1. The Morgan fingerprint density at radius 3 is 2.93 bits per heavy atom. The van der Waals surface area contributed by atoms with Gasteiger partial charge in [-0.3, -0.25) is 4.90 Å². The van der Waals surface area contributed by atoms with E-state index in [0.29, 0.717) is 17.9 Å². The first-order valence-corrected chi connectivity index (χ1v) is 9.95. The normalized spacial score (nSPS) is 25.9. The minimum atomic E-state index is 0.0646. The smallest absolute Gasteiger partial charge is 0.128 e. The molecule has 1 aromatic carbocycles. The van der Waals surface area contributed by atoms with Crippen LogP contribution in [0.25, 0.3) is 10.9 Å². The molecule has 0 spiro atoms. The Bertz CT molecular complexity index is 841. The van der Waals surface area contributed by atoms with Crippen molar-refractivity contribution in [3.8, 4) is 5.75 Å². The minimum absolute atomic E-state index is 0.0646. The molecule has 2 aromatic rings. The minimum Gasteiger partial charge on any atom is -0.504 e. The number of fused-ring (bicyclic) bond motifs is 5. The number of aliphatic hydroxyl groups is 1. The molecule has 2 aliphatic heterocycles. The summed E-state index contributed by atoms with van der Waals surface area (Å²) in [6.45, 7) is 4.46. The highest BCUT2D eigenvalue weighted by atomic mass is 16.5. The molecule has 5 heteroatoms. The van der Waals surface area contributed by atoms with Gasteiger partial charge >= 0.3 is 0 Å². The van der Waals surface area contributed by atoms with E-state index < -0.39 is 0 Å². The monoisotopic (exact) mass is 370 g/mol. The Kier molecular flexibility index (Phi) is 5.15. The van der Waals surface area contributed by atoms with Gasteiger partial charge in [0, 0.05) is 29.7 Å². The van der Waals surface area contributed by atoms with Crippen LogP contribution >= 0.6 is 0 Å². The predicted octanol–water partition coefficient (Wildman–Crippen LogP) is 3.64. The Balaban J connectivity index is 1.75. The number of aliphatic hydroxyl groups excluding tert-OH is 1. The molecular formula is C22H30N2O3. The summed E-state index contributed by atoms with van der Waals surface area (Å²) in [5.74, 6) is 1.85. The summed E-state index contributed by atoms with van der Waals surface area (Å²) in [5.41, 5.74) is 4.91. The van der Waals surface area contributed by atoms with E-state index in [1.165, 1.54) is 16.6 Å². The molecule has 2 N–H and O–H groups in total. The van der Waals surface area contributed by atoms with E-state index in [1.54, 1.807) is 20.5 Å². The average molecular weight is 370 g/mol. The zero-order valence-corrected chi connectivity index (χ0v) is 16.5. The molecule has 146 valence electrons. The molecule has 0 aliphatic carbocycles. The third kappa shape index (κ3) is 3.03. The number of hydrogen-bond acceptors (Lipinski definition) is 4. The van der Waals surface area contributed by atoms with Gasteiger partial charge in [-0.1, -0.05) is 19.4 Å². The zero-order valence-electron chi connectivity index (χ0n) is 16.5. The number of methoxy groups -OCH3 is 2. The van der Waals surface area contributed by atoms with Crippen LogP contribution in [0.1, 0.15) is 37.1 Å². The molecule has 1 saturated heterocycles. The van der Waals surface area contributed by atoms with Crippen molar-refractivity contribution in [3.63, 3.8) is 0 Å². The molecule has 3 atom stereocenters. The molecule has 3 heterocycles. The van der Waals surface area contributed by atoms with E-state index >= 15 is 0 Å².